The van der Waals surface area contributed by atoms with E-state index in [2.05, 4.69) is 83.4 Å². The fourth-order valence-corrected chi connectivity index (χ4v) is 5.93. The zero-order chi connectivity index (χ0) is 28.7. The van der Waals surface area contributed by atoms with E-state index in [4.69, 9.17) is 0 Å². The van der Waals surface area contributed by atoms with Crippen LogP contribution in [0.15, 0.2) is 182 Å². The molecule has 0 aliphatic rings. The van der Waals surface area contributed by atoms with Crippen LogP contribution in [0.2, 0.25) is 0 Å². The smallest absolute Gasteiger partial charge is 0.317 e. The third-order valence-electron chi connectivity index (χ3n) is 7.84. The van der Waals surface area contributed by atoms with Crippen molar-refractivity contribution in [2.75, 3.05) is 0 Å². The second-order valence-corrected chi connectivity index (χ2v) is 10.3. The topological polar surface area (TPSA) is 41.1 Å². The number of nitrogens with one attached hydrogen (secondary N) is 2. The van der Waals surface area contributed by atoms with Gasteiger partial charge < -0.3 is 10.6 Å². The molecule has 0 aliphatic heterocycles. The van der Waals surface area contributed by atoms with Crippen LogP contribution in [0.5, 0.6) is 0 Å². The molecule has 42 heavy (non-hydrogen) atoms. The van der Waals surface area contributed by atoms with Gasteiger partial charge in [0.1, 0.15) is 11.1 Å². The predicted molar refractivity (Wildman–Crippen MR) is 170 cm³/mol. The molecule has 0 saturated heterocycles. The van der Waals surface area contributed by atoms with Crippen LogP contribution in [0.4, 0.5) is 4.79 Å². The Morgan fingerprint density at radius 1 is 0.310 bits per heavy atom. The van der Waals surface area contributed by atoms with Gasteiger partial charge in [0.05, 0.1) is 0 Å². The van der Waals surface area contributed by atoms with Crippen molar-refractivity contribution in [2.45, 2.75) is 11.1 Å². The lowest BCUT2D eigenvalue weighted by molar-refractivity contribution is 0.227. The minimum absolute atomic E-state index is 0.303. The zero-order valence-corrected chi connectivity index (χ0v) is 23.2. The number of hydrogen-bond donors (Lipinski definition) is 2. The van der Waals surface area contributed by atoms with Gasteiger partial charge in [-0.2, -0.15) is 0 Å². The number of rotatable bonds is 8. The maximum atomic E-state index is 14.7. The van der Waals surface area contributed by atoms with Gasteiger partial charge in [0.15, 0.2) is 0 Å². The van der Waals surface area contributed by atoms with E-state index in [9.17, 15) is 4.79 Å². The number of hydrogen-bond acceptors (Lipinski definition) is 1. The van der Waals surface area contributed by atoms with E-state index in [1.165, 1.54) is 0 Å². The molecule has 6 rings (SSSR count). The largest absolute Gasteiger partial charge is 0.320 e. The van der Waals surface area contributed by atoms with Crippen molar-refractivity contribution < 1.29 is 4.79 Å². The highest BCUT2D eigenvalue weighted by Crippen LogP contribution is 2.39. The van der Waals surface area contributed by atoms with Crippen molar-refractivity contribution in [1.29, 1.82) is 0 Å². The lowest BCUT2D eigenvalue weighted by Crippen LogP contribution is -2.57. The normalized spacial score (nSPS) is 11.4. The monoisotopic (exact) mass is 544 g/mol. The molecule has 2 amide bonds. The summed E-state index contributed by atoms with van der Waals surface area (Å²) in [6.07, 6.45) is 0. The van der Waals surface area contributed by atoms with E-state index in [0.717, 1.165) is 33.4 Å². The van der Waals surface area contributed by atoms with E-state index in [1.807, 2.05) is 109 Å². The Labute approximate surface area is 247 Å². The minimum atomic E-state index is -0.955. The third-order valence-corrected chi connectivity index (χ3v) is 7.84. The predicted octanol–water partition coefficient (Wildman–Crippen LogP) is 8.27. The summed E-state index contributed by atoms with van der Waals surface area (Å²) in [5, 5.41) is 6.99. The summed E-state index contributed by atoms with van der Waals surface area (Å²) in [6.45, 7) is 0. The van der Waals surface area contributed by atoms with Crippen LogP contribution in [-0.4, -0.2) is 6.03 Å². The van der Waals surface area contributed by atoms with E-state index in [-0.39, 0.29) is 6.03 Å². The molecule has 0 aliphatic carbocycles. The molecule has 6 aromatic rings. The maximum absolute atomic E-state index is 14.7. The number of urea groups is 1. The van der Waals surface area contributed by atoms with Crippen molar-refractivity contribution in [2.24, 2.45) is 0 Å². The van der Waals surface area contributed by atoms with Gasteiger partial charge in [-0.15, -0.1) is 0 Å². The first-order chi connectivity index (χ1) is 20.7. The van der Waals surface area contributed by atoms with E-state index in [1.54, 1.807) is 0 Å². The molecule has 204 valence electrons. The molecule has 6 aromatic carbocycles. The summed E-state index contributed by atoms with van der Waals surface area (Å²) in [7, 11) is 0. The summed E-state index contributed by atoms with van der Waals surface area (Å²) in [6, 6.07) is 60.6. The molecular weight excluding hydrogens is 512 g/mol. The van der Waals surface area contributed by atoms with Crippen LogP contribution in [0, 0.1) is 0 Å². The van der Waals surface area contributed by atoms with E-state index < -0.39 is 11.1 Å². The molecule has 0 heterocycles. The second kappa shape index (κ2) is 12.0. The van der Waals surface area contributed by atoms with Crippen LogP contribution >= 0.6 is 0 Å². The van der Waals surface area contributed by atoms with Gasteiger partial charge in [-0.3, -0.25) is 0 Å². The molecule has 0 saturated carbocycles. The first-order valence-corrected chi connectivity index (χ1v) is 14.2. The first kappa shape index (κ1) is 26.8. The highest BCUT2D eigenvalue weighted by molar-refractivity contribution is 5.80. The molecule has 0 aromatic heterocycles. The van der Waals surface area contributed by atoms with Crippen LogP contribution < -0.4 is 10.6 Å². The summed E-state index contributed by atoms with van der Waals surface area (Å²) in [4.78, 5) is 14.7. The SMILES string of the molecule is O=C(NC(c1ccccc1)(c1ccccc1)c1ccccc1)NC(c1ccccc1)(c1ccccc1)c1ccccc1. The summed E-state index contributed by atoms with van der Waals surface area (Å²) in [5.41, 5.74) is 3.85. The van der Waals surface area contributed by atoms with Crippen molar-refractivity contribution in [3.05, 3.63) is 215 Å². The molecule has 3 heteroatoms. The van der Waals surface area contributed by atoms with Gasteiger partial charge in [0.25, 0.3) is 0 Å². The van der Waals surface area contributed by atoms with Crippen molar-refractivity contribution >= 4 is 6.03 Å². The molecule has 0 spiro atoms. The fraction of sp³-hybridized carbons (Fsp3) is 0.0513. The lowest BCUT2D eigenvalue weighted by Gasteiger charge is -2.41. The van der Waals surface area contributed by atoms with E-state index >= 15 is 0 Å². The van der Waals surface area contributed by atoms with Crippen molar-refractivity contribution in [3.8, 4) is 0 Å². The van der Waals surface area contributed by atoms with E-state index in [0.29, 0.717) is 0 Å². The Morgan fingerprint density at radius 3 is 0.643 bits per heavy atom. The molecule has 2 N–H and O–H groups in total. The Kier molecular flexibility index (Phi) is 7.65. The van der Waals surface area contributed by atoms with Crippen LogP contribution in [0.3, 0.4) is 0 Å². The molecule has 3 nitrogen and oxygen atoms in total. The highest BCUT2D eigenvalue weighted by atomic mass is 16.2. The molecular formula is C39H32N2O. The zero-order valence-electron chi connectivity index (χ0n) is 23.2. The van der Waals surface area contributed by atoms with Gasteiger partial charge in [-0.05, 0) is 33.4 Å². The Bertz CT molecular complexity index is 1380. The number of benzene rings is 6. The number of carbonyl (C=O) groups excluding carboxylic acids is 1. The van der Waals surface area contributed by atoms with Crippen molar-refractivity contribution in [1.82, 2.24) is 10.6 Å². The summed E-state index contributed by atoms with van der Waals surface area (Å²) in [5.74, 6) is 0. The second-order valence-electron chi connectivity index (χ2n) is 10.3. The van der Waals surface area contributed by atoms with Crippen LogP contribution in [0.25, 0.3) is 0 Å². The number of carbonyl (C=O) groups is 1. The first-order valence-electron chi connectivity index (χ1n) is 14.2. The molecule has 0 radical (unpaired) electrons. The van der Waals surface area contributed by atoms with Gasteiger partial charge in [-0.1, -0.05) is 182 Å². The van der Waals surface area contributed by atoms with Crippen LogP contribution in [-0.2, 0) is 11.1 Å². The van der Waals surface area contributed by atoms with Gasteiger partial charge in [-0.25, -0.2) is 4.79 Å². The summed E-state index contributed by atoms with van der Waals surface area (Å²) >= 11 is 0. The van der Waals surface area contributed by atoms with Gasteiger partial charge >= 0.3 is 6.03 Å². The molecule has 0 fully saturated rings. The maximum Gasteiger partial charge on any atom is 0.317 e. The Hall–Kier alpha value is -5.41. The van der Waals surface area contributed by atoms with Gasteiger partial charge in [0.2, 0.25) is 0 Å². The third kappa shape index (κ3) is 4.97. The van der Waals surface area contributed by atoms with Crippen molar-refractivity contribution in [3.63, 3.8) is 0 Å². The standard InChI is InChI=1S/C39H32N2O/c42-37(40-38(31-19-7-1-8-20-31,32-21-9-2-10-22-32)33-23-11-3-12-24-33)41-39(34-25-13-4-14-26-34,35-27-15-5-16-28-35)36-29-17-6-18-30-36/h1-30H,(H2,40,41,42). The molecule has 0 unspecified atom stereocenters. The quantitative estimate of drug-likeness (QED) is 0.186. The lowest BCUT2D eigenvalue weighted by atomic mass is 9.76. The Balaban J connectivity index is 1.55. The van der Waals surface area contributed by atoms with Gasteiger partial charge in [0, 0.05) is 0 Å². The molecule has 0 bridgehead atoms. The fourth-order valence-electron chi connectivity index (χ4n) is 5.93. The van der Waals surface area contributed by atoms with Crippen LogP contribution in [0.1, 0.15) is 33.4 Å². The summed E-state index contributed by atoms with van der Waals surface area (Å²) < 4.78 is 0. The Morgan fingerprint density at radius 2 is 0.476 bits per heavy atom. The average Bonchev–Trinajstić information content (AvgIpc) is 3.08. The number of amides is 2. The highest BCUT2D eigenvalue weighted by Gasteiger charge is 2.42. The minimum Gasteiger partial charge on any atom is -0.320 e. The average molecular weight is 545 g/mol. The molecule has 0 atom stereocenters.